The minimum absolute atomic E-state index is 0.370. The second-order valence-corrected chi connectivity index (χ2v) is 4.47. The molecular formula is C12H12F3N3O2. The number of aromatic nitrogens is 2. The van der Waals surface area contributed by atoms with E-state index in [1.807, 2.05) is 0 Å². The van der Waals surface area contributed by atoms with Crippen LogP contribution in [-0.2, 0) is 4.79 Å². The van der Waals surface area contributed by atoms with E-state index in [0.29, 0.717) is 16.6 Å². The average molecular weight is 287 g/mol. The Morgan fingerprint density at radius 3 is 2.60 bits per heavy atom. The summed E-state index contributed by atoms with van der Waals surface area (Å²) in [5.41, 5.74) is 1.35. The summed E-state index contributed by atoms with van der Waals surface area (Å²) in [6, 6.07) is 4.26. The van der Waals surface area contributed by atoms with Crippen LogP contribution in [0.25, 0.3) is 11.0 Å². The molecule has 20 heavy (non-hydrogen) atoms. The van der Waals surface area contributed by atoms with Crippen LogP contribution < -0.4 is 11.0 Å². The van der Waals surface area contributed by atoms with Crippen molar-refractivity contribution in [3.63, 3.8) is 0 Å². The first-order valence-corrected chi connectivity index (χ1v) is 5.83. The predicted octanol–water partition coefficient (Wildman–Crippen LogP) is 1.99. The molecule has 0 saturated heterocycles. The summed E-state index contributed by atoms with van der Waals surface area (Å²) in [5.74, 6) is -1.09. The van der Waals surface area contributed by atoms with E-state index in [2.05, 4.69) is 15.3 Å². The van der Waals surface area contributed by atoms with Gasteiger partial charge in [-0.25, -0.2) is 4.79 Å². The third-order valence-electron chi connectivity index (χ3n) is 2.78. The first-order valence-electron chi connectivity index (χ1n) is 5.83. The molecule has 8 heteroatoms. The standard InChI is InChI=1S/C12H12F3N3O2/c1-6(16-10(19)5-12(13,14)15)7-2-3-8-9(4-7)18-11(20)17-8/h2-4,6H,5H2,1H3,(H,16,19)(H2,17,18,20). The number of H-pyrrole nitrogens is 2. The number of alkyl halides is 3. The molecule has 1 amide bonds. The number of carbonyl (C=O) groups excluding carboxylic acids is 1. The number of hydrogen-bond donors (Lipinski definition) is 3. The van der Waals surface area contributed by atoms with Crippen molar-refractivity contribution in [2.24, 2.45) is 0 Å². The minimum atomic E-state index is -4.53. The zero-order valence-electron chi connectivity index (χ0n) is 10.5. The van der Waals surface area contributed by atoms with Crippen molar-refractivity contribution in [1.29, 1.82) is 0 Å². The van der Waals surface area contributed by atoms with E-state index in [9.17, 15) is 22.8 Å². The van der Waals surface area contributed by atoms with E-state index < -0.39 is 24.5 Å². The molecule has 0 bridgehead atoms. The van der Waals surface area contributed by atoms with Crippen LogP contribution in [0.5, 0.6) is 0 Å². The molecule has 2 aromatic rings. The van der Waals surface area contributed by atoms with Crippen molar-refractivity contribution in [1.82, 2.24) is 15.3 Å². The highest BCUT2D eigenvalue weighted by atomic mass is 19.4. The SMILES string of the molecule is CC(NC(=O)CC(F)(F)F)c1ccc2[nH]c(=O)[nH]c2c1. The number of rotatable bonds is 3. The molecule has 2 rings (SSSR count). The molecule has 0 aliphatic rings. The highest BCUT2D eigenvalue weighted by Crippen LogP contribution is 2.21. The number of amides is 1. The monoisotopic (exact) mass is 287 g/mol. The highest BCUT2D eigenvalue weighted by Gasteiger charge is 2.31. The molecule has 1 aromatic heterocycles. The van der Waals surface area contributed by atoms with Crippen LogP contribution in [0, 0.1) is 0 Å². The van der Waals surface area contributed by atoms with Gasteiger partial charge in [0.2, 0.25) is 5.91 Å². The quantitative estimate of drug-likeness (QED) is 0.807. The average Bonchev–Trinajstić information content (AvgIpc) is 2.64. The van der Waals surface area contributed by atoms with Gasteiger partial charge in [-0.2, -0.15) is 13.2 Å². The van der Waals surface area contributed by atoms with Crippen molar-refractivity contribution >= 4 is 16.9 Å². The summed E-state index contributed by atoms with van der Waals surface area (Å²) in [6.45, 7) is 1.57. The van der Waals surface area contributed by atoms with Gasteiger partial charge in [0.1, 0.15) is 6.42 Å². The Balaban J connectivity index is 2.12. The lowest BCUT2D eigenvalue weighted by molar-refractivity contribution is -0.154. The van der Waals surface area contributed by atoms with Crippen LogP contribution in [0.1, 0.15) is 24.9 Å². The van der Waals surface area contributed by atoms with Gasteiger partial charge >= 0.3 is 11.9 Å². The fourth-order valence-electron chi connectivity index (χ4n) is 1.88. The Kier molecular flexibility index (Phi) is 3.56. The summed E-state index contributed by atoms with van der Waals surface area (Å²) < 4.78 is 36.2. The zero-order valence-corrected chi connectivity index (χ0v) is 10.5. The smallest absolute Gasteiger partial charge is 0.349 e. The van der Waals surface area contributed by atoms with Crippen molar-refractivity contribution in [3.05, 3.63) is 34.2 Å². The molecule has 1 atom stereocenters. The lowest BCUT2D eigenvalue weighted by atomic mass is 10.1. The molecule has 1 heterocycles. The number of hydrogen-bond acceptors (Lipinski definition) is 2. The van der Waals surface area contributed by atoms with E-state index >= 15 is 0 Å². The van der Waals surface area contributed by atoms with Crippen LogP contribution in [0.4, 0.5) is 13.2 Å². The fourth-order valence-corrected chi connectivity index (χ4v) is 1.88. The Hall–Kier alpha value is -2.25. The Labute approximate surface area is 111 Å². The maximum absolute atomic E-state index is 12.1. The molecule has 1 unspecified atom stereocenters. The topological polar surface area (TPSA) is 77.8 Å². The largest absolute Gasteiger partial charge is 0.397 e. The number of halogens is 3. The molecule has 3 N–H and O–H groups in total. The number of carbonyl (C=O) groups is 1. The molecular weight excluding hydrogens is 275 g/mol. The van der Waals surface area contributed by atoms with Gasteiger partial charge in [-0.1, -0.05) is 6.07 Å². The van der Waals surface area contributed by atoms with Gasteiger partial charge in [0.25, 0.3) is 0 Å². The molecule has 0 spiro atoms. The first kappa shape index (κ1) is 14.2. The molecule has 0 radical (unpaired) electrons. The molecule has 1 aromatic carbocycles. The van der Waals surface area contributed by atoms with Gasteiger partial charge in [-0.3, -0.25) is 4.79 Å². The third-order valence-corrected chi connectivity index (χ3v) is 2.78. The molecule has 0 aliphatic carbocycles. The van der Waals surface area contributed by atoms with Crippen molar-refractivity contribution in [3.8, 4) is 0 Å². The lowest BCUT2D eigenvalue weighted by Crippen LogP contribution is -2.30. The van der Waals surface area contributed by atoms with Gasteiger partial charge in [0.05, 0.1) is 17.1 Å². The van der Waals surface area contributed by atoms with Crippen molar-refractivity contribution in [2.45, 2.75) is 25.6 Å². The van der Waals surface area contributed by atoms with Crippen LogP contribution in [0.15, 0.2) is 23.0 Å². The predicted molar refractivity (Wildman–Crippen MR) is 66.1 cm³/mol. The zero-order chi connectivity index (χ0) is 14.9. The molecule has 0 fully saturated rings. The Bertz CT molecular complexity index is 687. The van der Waals surface area contributed by atoms with Crippen LogP contribution in [0.2, 0.25) is 0 Å². The fraction of sp³-hybridized carbons (Fsp3) is 0.333. The minimum Gasteiger partial charge on any atom is -0.349 e. The van der Waals surface area contributed by atoms with Crippen molar-refractivity contribution in [2.75, 3.05) is 0 Å². The van der Waals surface area contributed by atoms with E-state index in [1.165, 1.54) is 0 Å². The lowest BCUT2D eigenvalue weighted by Gasteiger charge is -2.15. The summed E-state index contributed by atoms with van der Waals surface area (Å²) in [7, 11) is 0. The maximum Gasteiger partial charge on any atom is 0.397 e. The van der Waals surface area contributed by atoms with Gasteiger partial charge in [-0.15, -0.1) is 0 Å². The molecule has 108 valence electrons. The summed E-state index contributed by atoms with van der Waals surface area (Å²) in [4.78, 5) is 27.4. The van der Waals surface area contributed by atoms with Crippen molar-refractivity contribution < 1.29 is 18.0 Å². The van der Waals surface area contributed by atoms with Crippen LogP contribution in [0.3, 0.4) is 0 Å². The number of fused-ring (bicyclic) bond motifs is 1. The second kappa shape index (κ2) is 5.03. The highest BCUT2D eigenvalue weighted by molar-refractivity contribution is 5.78. The third kappa shape index (κ3) is 3.40. The molecule has 0 saturated carbocycles. The summed E-state index contributed by atoms with van der Waals surface area (Å²) >= 11 is 0. The number of imidazole rings is 1. The van der Waals surface area contributed by atoms with Crippen LogP contribution >= 0.6 is 0 Å². The van der Waals surface area contributed by atoms with Gasteiger partial charge < -0.3 is 15.3 Å². The number of nitrogens with one attached hydrogen (secondary N) is 3. The van der Waals surface area contributed by atoms with E-state index in [0.717, 1.165) is 0 Å². The Morgan fingerprint density at radius 1 is 1.30 bits per heavy atom. The van der Waals surface area contributed by atoms with Gasteiger partial charge in [0.15, 0.2) is 0 Å². The first-order chi connectivity index (χ1) is 9.24. The summed E-state index contributed by atoms with van der Waals surface area (Å²) in [5, 5.41) is 2.26. The second-order valence-electron chi connectivity index (χ2n) is 4.47. The molecule has 0 aliphatic heterocycles. The summed E-state index contributed by atoms with van der Waals surface area (Å²) in [6.07, 6.45) is -6.04. The van der Waals surface area contributed by atoms with E-state index in [1.54, 1.807) is 25.1 Å². The van der Waals surface area contributed by atoms with Crippen LogP contribution in [-0.4, -0.2) is 22.1 Å². The van der Waals surface area contributed by atoms with E-state index in [-0.39, 0.29) is 5.69 Å². The number of aromatic amines is 2. The molecule has 5 nitrogen and oxygen atoms in total. The van der Waals surface area contributed by atoms with E-state index in [4.69, 9.17) is 0 Å². The van der Waals surface area contributed by atoms with Gasteiger partial charge in [0, 0.05) is 0 Å². The van der Waals surface area contributed by atoms with Gasteiger partial charge in [-0.05, 0) is 24.6 Å². The maximum atomic E-state index is 12.1. The normalized spacial score (nSPS) is 13.4. The number of benzene rings is 1. The Morgan fingerprint density at radius 2 is 1.95 bits per heavy atom.